The molecule has 3 rings (SSSR count). The van der Waals surface area contributed by atoms with E-state index in [0.29, 0.717) is 17.7 Å². The summed E-state index contributed by atoms with van der Waals surface area (Å²) in [4.78, 5) is 2.33. The first-order chi connectivity index (χ1) is 8.16. The molecule has 0 aliphatic carbocycles. The van der Waals surface area contributed by atoms with Crippen molar-refractivity contribution in [3.05, 3.63) is 23.8 Å². The Hall–Kier alpha value is -1.26. The predicted molar refractivity (Wildman–Crippen MR) is 68.0 cm³/mol. The maximum Gasteiger partial charge on any atom is 0.139 e. The lowest BCUT2D eigenvalue weighted by Crippen LogP contribution is -2.51. The van der Waals surface area contributed by atoms with Crippen LogP contribution in [0.2, 0.25) is 0 Å². The highest BCUT2D eigenvalue weighted by atomic mass is 16.3. The first-order valence-electron chi connectivity index (χ1n) is 6.19. The van der Waals surface area contributed by atoms with E-state index in [4.69, 9.17) is 5.73 Å². The van der Waals surface area contributed by atoms with Gasteiger partial charge < -0.3 is 21.1 Å². The van der Waals surface area contributed by atoms with Crippen molar-refractivity contribution in [3.8, 4) is 5.75 Å². The van der Waals surface area contributed by atoms with Gasteiger partial charge >= 0.3 is 0 Å². The number of piperidine rings is 1. The summed E-state index contributed by atoms with van der Waals surface area (Å²) in [5, 5.41) is 13.3. The highest BCUT2D eigenvalue weighted by Gasteiger charge is 2.38. The number of rotatable bonds is 0. The van der Waals surface area contributed by atoms with Crippen molar-refractivity contribution in [2.75, 3.05) is 25.5 Å². The van der Waals surface area contributed by atoms with Gasteiger partial charge in [-0.2, -0.15) is 0 Å². The molecule has 0 amide bonds. The highest BCUT2D eigenvalue weighted by molar-refractivity contribution is 5.65. The largest absolute Gasteiger partial charge is 0.506 e. The lowest BCUT2D eigenvalue weighted by atomic mass is 9.79. The van der Waals surface area contributed by atoms with Gasteiger partial charge in [0.1, 0.15) is 5.75 Å². The van der Waals surface area contributed by atoms with Crippen LogP contribution in [0.5, 0.6) is 5.75 Å². The highest BCUT2D eigenvalue weighted by Crippen LogP contribution is 2.42. The van der Waals surface area contributed by atoms with Gasteiger partial charge in [0.05, 0.1) is 5.69 Å². The van der Waals surface area contributed by atoms with Crippen molar-refractivity contribution in [1.29, 1.82) is 0 Å². The number of hydrogen-bond acceptors (Lipinski definition) is 4. The van der Waals surface area contributed by atoms with Gasteiger partial charge in [0, 0.05) is 24.5 Å². The van der Waals surface area contributed by atoms with E-state index in [9.17, 15) is 5.11 Å². The summed E-state index contributed by atoms with van der Waals surface area (Å²) in [7, 11) is 2.14. The Morgan fingerprint density at radius 1 is 1.47 bits per heavy atom. The number of nitrogens with zero attached hydrogens (tertiary/aromatic N) is 1. The Kier molecular flexibility index (Phi) is 2.49. The van der Waals surface area contributed by atoms with Gasteiger partial charge in [-0.1, -0.05) is 12.1 Å². The number of benzene rings is 1. The third kappa shape index (κ3) is 1.68. The predicted octanol–water partition coefficient (Wildman–Crippen LogP) is 1.14. The van der Waals surface area contributed by atoms with Gasteiger partial charge in [-0.3, -0.25) is 0 Å². The molecule has 0 aromatic heterocycles. The van der Waals surface area contributed by atoms with Gasteiger partial charge in [0.15, 0.2) is 0 Å². The lowest BCUT2D eigenvalue weighted by Gasteiger charge is -2.44. The average molecular weight is 233 g/mol. The molecule has 1 saturated heterocycles. The molecule has 1 fully saturated rings. The summed E-state index contributed by atoms with van der Waals surface area (Å²) in [6.45, 7) is 2.11. The van der Waals surface area contributed by atoms with Crippen molar-refractivity contribution >= 4 is 5.69 Å². The van der Waals surface area contributed by atoms with Crippen LogP contribution in [0.15, 0.2) is 18.2 Å². The molecule has 0 bridgehead atoms. The minimum absolute atomic E-state index is 0.0195. The van der Waals surface area contributed by atoms with Crippen LogP contribution >= 0.6 is 0 Å². The second-order valence-electron chi connectivity index (χ2n) is 5.23. The number of likely N-dealkylation sites (tertiary alicyclic amines) is 1. The van der Waals surface area contributed by atoms with Gasteiger partial charge in [0.25, 0.3) is 0 Å². The monoisotopic (exact) mass is 233 g/mol. The van der Waals surface area contributed by atoms with Crippen molar-refractivity contribution in [2.24, 2.45) is 11.7 Å². The molecule has 92 valence electrons. The van der Waals surface area contributed by atoms with E-state index in [-0.39, 0.29) is 6.04 Å². The van der Waals surface area contributed by atoms with E-state index in [1.54, 1.807) is 6.07 Å². The number of nitrogens with two attached hydrogens (primary N) is 1. The number of anilines is 1. The summed E-state index contributed by atoms with van der Waals surface area (Å²) in [5.41, 5.74) is 8.24. The number of fused-ring (bicyclic) bond motifs is 2. The molecule has 4 heteroatoms. The first-order valence-corrected chi connectivity index (χ1v) is 6.19. The van der Waals surface area contributed by atoms with E-state index in [0.717, 1.165) is 30.8 Å². The molecule has 2 aliphatic heterocycles. The Labute approximate surface area is 101 Å². The number of phenolic OH excluding ortho intramolecular Hbond substituents is 1. The van der Waals surface area contributed by atoms with E-state index < -0.39 is 0 Å². The van der Waals surface area contributed by atoms with Crippen molar-refractivity contribution in [3.63, 3.8) is 0 Å². The lowest BCUT2D eigenvalue weighted by molar-refractivity contribution is 0.167. The summed E-state index contributed by atoms with van der Waals surface area (Å²) < 4.78 is 0. The number of phenols is 1. The third-order valence-corrected chi connectivity index (χ3v) is 4.09. The van der Waals surface area contributed by atoms with Crippen LogP contribution in [0.3, 0.4) is 0 Å². The summed E-state index contributed by atoms with van der Waals surface area (Å²) in [5.74, 6) is 0.748. The van der Waals surface area contributed by atoms with Crippen LogP contribution in [0.25, 0.3) is 0 Å². The molecule has 1 aromatic carbocycles. The molecular formula is C13H19N3O. The van der Waals surface area contributed by atoms with E-state index in [2.05, 4.69) is 17.3 Å². The van der Waals surface area contributed by atoms with Gasteiger partial charge in [-0.05, 0) is 31.6 Å². The number of aromatic hydroxyl groups is 1. The normalized spacial score (nSPS) is 32.5. The number of para-hydroxylation sites is 1. The molecule has 3 atom stereocenters. The molecule has 2 aliphatic rings. The zero-order valence-corrected chi connectivity index (χ0v) is 10.1. The quantitative estimate of drug-likeness (QED) is 0.588. The van der Waals surface area contributed by atoms with Gasteiger partial charge in [-0.25, -0.2) is 0 Å². The standard InChI is InChI=1S/C13H19N3O/c1-16-6-5-10-9(7-16)12(14)8-3-2-4-11(17)13(8)15-10/h2-4,9-10,12,15,17H,5-7,14H2,1H3. The van der Waals surface area contributed by atoms with Crippen LogP contribution < -0.4 is 11.1 Å². The molecule has 4 N–H and O–H groups in total. The van der Waals surface area contributed by atoms with Crippen molar-refractivity contribution < 1.29 is 5.11 Å². The minimum atomic E-state index is 0.0195. The molecule has 17 heavy (non-hydrogen) atoms. The summed E-state index contributed by atoms with van der Waals surface area (Å²) >= 11 is 0. The maximum absolute atomic E-state index is 9.89. The Morgan fingerprint density at radius 3 is 3.12 bits per heavy atom. The van der Waals surface area contributed by atoms with Crippen LogP contribution in [0.4, 0.5) is 5.69 Å². The number of nitrogens with one attached hydrogen (secondary N) is 1. The first kappa shape index (κ1) is 10.9. The second kappa shape index (κ2) is 3.89. The van der Waals surface area contributed by atoms with Crippen LogP contribution in [-0.4, -0.2) is 36.2 Å². The minimum Gasteiger partial charge on any atom is -0.506 e. The fourth-order valence-corrected chi connectivity index (χ4v) is 3.10. The Morgan fingerprint density at radius 2 is 2.29 bits per heavy atom. The van der Waals surface area contributed by atoms with E-state index in [1.165, 1.54) is 0 Å². The molecule has 0 radical (unpaired) electrons. The van der Waals surface area contributed by atoms with Crippen LogP contribution in [0, 0.1) is 5.92 Å². The fraction of sp³-hybridized carbons (Fsp3) is 0.538. The van der Waals surface area contributed by atoms with E-state index >= 15 is 0 Å². The van der Waals surface area contributed by atoms with Crippen molar-refractivity contribution in [2.45, 2.75) is 18.5 Å². The maximum atomic E-state index is 9.89. The molecule has 0 spiro atoms. The Balaban J connectivity index is 1.99. The fourth-order valence-electron chi connectivity index (χ4n) is 3.10. The van der Waals surface area contributed by atoms with Crippen molar-refractivity contribution in [1.82, 2.24) is 4.90 Å². The average Bonchev–Trinajstić information content (AvgIpc) is 2.32. The molecule has 1 aromatic rings. The van der Waals surface area contributed by atoms with Gasteiger partial charge in [0.2, 0.25) is 0 Å². The van der Waals surface area contributed by atoms with Crippen LogP contribution in [0.1, 0.15) is 18.0 Å². The van der Waals surface area contributed by atoms with E-state index in [1.807, 2.05) is 12.1 Å². The SMILES string of the molecule is CN1CCC2Nc3c(O)cccc3C(N)C2C1. The zero-order valence-electron chi connectivity index (χ0n) is 10.1. The summed E-state index contributed by atoms with van der Waals surface area (Å²) in [6, 6.07) is 6.00. The third-order valence-electron chi connectivity index (χ3n) is 4.09. The van der Waals surface area contributed by atoms with Crippen LogP contribution in [-0.2, 0) is 0 Å². The summed E-state index contributed by atoms with van der Waals surface area (Å²) in [6.07, 6.45) is 1.09. The molecule has 3 unspecified atom stereocenters. The topological polar surface area (TPSA) is 61.5 Å². The Bertz CT molecular complexity index is 435. The molecule has 2 heterocycles. The number of hydrogen-bond donors (Lipinski definition) is 3. The molecule has 0 saturated carbocycles. The zero-order chi connectivity index (χ0) is 12.0. The molecular weight excluding hydrogens is 214 g/mol. The second-order valence-corrected chi connectivity index (χ2v) is 5.23. The molecule has 4 nitrogen and oxygen atoms in total. The smallest absolute Gasteiger partial charge is 0.139 e. The van der Waals surface area contributed by atoms with Gasteiger partial charge in [-0.15, -0.1) is 0 Å².